The molecule has 0 unspecified atom stereocenters. The summed E-state index contributed by atoms with van der Waals surface area (Å²) in [5.74, 6) is 0.876. The number of piperazine rings is 1. The maximum atomic E-state index is 12.7. The van der Waals surface area contributed by atoms with Gasteiger partial charge in [0.2, 0.25) is 0 Å². The third-order valence-electron chi connectivity index (χ3n) is 6.11. The van der Waals surface area contributed by atoms with E-state index in [1.807, 2.05) is 59.2 Å². The predicted octanol–water partition coefficient (Wildman–Crippen LogP) is 3.45. The number of nitrogens with one attached hydrogen (secondary N) is 1. The number of aromatic nitrogens is 2. The van der Waals surface area contributed by atoms with E-state index in [4.69, 9.17) is 0 Å². The van der Waals surface area contributed by atoms with Crippen molar-refractivity contribution in [1.29, 1.82) is 0 Å². The average molecular weight is 382 g/mol. The molecule has 4 rings (SSSR count). The largest absolute Gasteiger partial charge is 0.331 e. The number of hydrogen-bond acceptors (Lipinski definition) is 3. The summed E-state index contributed by atoms with van der Waals surface area (Å²) in [4.78, 5) is 17.2. The van der Waals surface area contributed by atoms with Gasteiger partial charge in [-0.25, -0.2) is 9.48 Å². The van der Waals surface area contributed by atoms with Crippen molar-refractivity contribution in [2.75, 3.05) is 32.7 Å². The molecule has 6 nitrogen and oxygen atoms in total. The fourth-order valence-electron chi connectivity index (χ4n) is 4.33. The monoisotopic (exact) mass is 381 g/mol. The maximum absolute atomic E-state index is 12.7. The highest BCUT2D eigenvalue weighted by Crippen LogP contribution is 2.25. The van der Waals surface area contributed by atoms with Crippen LogP contribution in [0.15, 0.2) is 42.7 Å². The third kappa shape index (κ3) is 4.55. The molecule has 1 atom stereocenters. The summed E-state index contributed by atoms with van der Waals surface area (Å²) < 4.78 is 1.85. The van der Waals surface area contributed by atoms with Gasteiger partial charge in [-0.05, 0) is 37.8 Å². The van der Waals surface area contributed by atoms with Crippen LogP contribution in [-0.4, -0.2) is 58.3 Å². The van der Waals surface area contributed by atoms with Crippen molar-refractivity contribution < 1.29 is 4.79 Å². The molecule has 0 bridgehead atoms. The van der Waals surface area contributed by atoms with E-state index in [1.54, 1.807) is 0 Å². The quantitative estimate of drug-likeness (QED) is 0.863. The lowest BCUT2D eigenvalue weighted by Crippen LogP contribution is -2.52. The zero-order valence-corrected chi connectivity index (χ0v) is 16.8. The first kappa shape index (κ1) is 19.0. The van der Waals surface area contributed by atoms with E-state index in [-0.39, 0.29) is 12.1 Å². The highest BCUT2D eigenvalue weighted by molar-refractivity contribution is 5.74. The molecule has 1 saturated heterocycles. The van der Waals surface area contributed by atoms with Gasteiger partial charge < -0.3 is 10.2 Å². The lowest BCUT2D eigenvalue weighted by atomic mass is 10.1. The molecule has 1 saturated carbocycles. The summed E-state index contributed by atoms with van der Waals surface area (Å²) in [5.41, 5.74) is 2.03. The first-order valence-electron chi connectivity index (χ1n) is 10.6. The number of para-hydroxylation sites is 1. The fourth-order valence-corrected chi connectivity index (χ4v) is 4.33. The Morgan fingerprint density at radius 1 is 1.14 bits per heavy atom. The minimum Gasteiger partial charge on any atom is -0.331 e. The summed E-state index contributed by atoms with van der Waals surface area (Å²) >= 11 is 0. The summed E-state index contributed by atoms with van der Waals surface area (Å²) in [6.45, 7) is 6.84. The molecule has 2 amide bonds. The summed E-state index contributed by atoms with van der Waals surface area (Å²) in [7, 11) is 0. The van der Waals surface area contributed by atoms with Crippen LogP contribution in [0.25, 0.3) is 5.69 Å². The molecule has 2 aromatic rings. The van der Waals surface area contributed by atoms with Gasteiger partial charge in [-0.15, -0.1) is 0 Å². The van der Waals surface area contributed by atoms with Crippen LogP contribution in [-0.2, 0) is 0 Å². The van der Waals surface area contributed by atoms with Gasteiger partial charge in [0.05, 0.1) is 17.9 Å². The van der Waals surface area contributed by atoms with Crippen LogP contribution >= 0.6 is 0 Å². The maximum Gasteiger partial charge on any atom is 0.317 e. The van der Waals surface area contributed by atoms with Crippen molar-refractivity contribution in [2.24, 2.45) is 5.92 Å². The number of amides is 2. The predicted molar refractivity (Wildman–Crippen MR) is 110 cm³/mol. The van der Waals surface area contributed by atoms with Gasteiger partial charge in [-0.3, -0.25) is 4.90 Å². The summed E-state index contributed by atoms with van der Waals surface area (Å²) in [5, 5.41) is 7.56. The minimum absolute atomic E-state index is 0.0282. The normalized spacial score (nSPS) is 19.7. The number of carbonyl (C=O) groups is 1. The molecule has 1 aromatic heterocycles. The van der Waals surface area contributed by atoms with Crippen molar-refractivity contribution in [3.8, 4) is 5.69 Å². The standard InChI is InChI=1S/C22H31N5O/c1-18(20-15-23-27(17-20)21-9-3-2-4-10-21)24-22(28)26-13-11-25(12-14-26)16-19-7-5-6-8-19/h2-4,9-10,15,17-19H,5-8,11-14,16H2,1H3,(H,24,28)/t18-/m1/s1. The second kappa shape index (κ2) is 8.78. The molecule has 2 fully saturated rings. The first-order valence-corrected chi connectivity index (χ1v) is 10.6. The summed E-state index contributed by atoms with van der Waals surface area (Å²) in [6.07, 6.45) is 9.37. The van der Waals surface area contributed by atoms with Gasteiger partial charge in [0.15, 0.2) is 0 Å². The van der Waals surface area contributed by atoms with Crippen molar-refractivity contribution in [1.82, 2.24) is 24.9 Å². The topological polar surface area (TPSA) is 53.4 Å². The number of carbonyl (C=O) groups excluding carboxylic acids is 1. The first-order chi connectivity index (χ1) is 13.7. The molecule has 1 N–H and O–H groups in total. The smallest absolute Gasteiger partial charge is 0.317 e. The number of nitrogens with zero attached hydrogens (tertiary/aromatic N) is 4. The van der Waals surface area contributed by atoms with E-state index >= 15 is 0 Å². The Balaban J connectivity index is 1.26. The van der Waals surface area contributed by atoms with E-state index in [1.165, 1.54) is 32.2 Å². The highest BCUT2D eigenvalue weighted by Gasteiger charge is 2.25. The Morgan fingerprint density at radius 3 is 2.57 bits per heavy atom. The van der Waals surface area contributed by atoms with Crippen LogP contribution in [0.1, 0.15) is 44.2 Å². The van der Waals surface area contributed by atoms with E-state index in [0.29, 0.717) is 0 Å². The zero-order chi connectivity index (χ0) is 19.3. The van der Waals surface area contributed by atoms with Crippen LogP contribution < -0.4 is 5.32 Å². The van der Waals surface area contributed by atoms with Gasteiger partial charge in [0.1, 0.15) is 0 Å². The molecule has 0 radical (unpaired) electrons. The van der Waals surface area contributed by atoms with Gasteiger partial charge in [-0.2, -0.15) is 5.10 Å². The van der Waals surface area contributed by atoms with Crippen molar-refractivity contribution in [3.63, 3.8) is 0 Å². The van der Waals surface area contributed by atoms with Gasteiger partial charge in [0.25, 0.3) is 0 Å². The van der Waals surface area contributed by atoms with Gasteiger partial charge in [0, 0.05) is 44.5 Å². The second-order valence-electron chi connectivity index (χ2n) is 8.16. The van der Waals surface area contributed by atoms with Crippen LogP contribution in [0.2, 0.25) is 0 Å². The molecule has 1 aromatic carbocycles. The van der Waals surface area contributed by atoms with Gasteiger partial charge >= 0.3 is 6.03 Å². The third-order valence-corrected chi connectivity index (χ3v) is 6.11. The molecule has 6 heteroatoms. The van der Waals surface area contributed by atoms with Gasteiger partial charge in [-0.1, -0.05) is 31.0 Å². The van der Waals surface area contributed by atoms with Crippen LogP contribution in [0.5, 0.6) is 0 Å². The Bertz CT molecular complexity index is 760. The van der Waals surface area contributed by atoms with Crippen LogP contribution in [0.4, 0.5) is 4.79 Å². The molecular weight excluding hydrogens is 350 g/mol. The number of benzene rings is 1. The number of urea groups is 1. The van der Waals surface area contributed by atoms with Crippen molar-refractivity contribution >= 4 is 6.03 Å². The lowest BCUT2D eigenvalue weighted by molar-refractivity contribution is 0.126. The molecule has 1 aliphatic carbocycles. The van der Waals surface area contributed by atoms with E-state index in [2.05, 4.69) is 15.3 Å². The summed E-state index contributed by atoms with van der Waals surface area (Å²) in [6, 6.07) is 9.98. The SMILES string of the molecule is C[C@@H](NC(=O)N1CCN(CC2CCCC2)CC1)c1cnn(-c2ccccc2)c1. The number of hydrogen-bond donors (Lipinski definition) is 1. The van der Waals surface area contributed by atoms with E-state index in [9.17, 15) is 4.79 Å². The molecule has 28 heavy (non-hydrogen) atoms. The number of rotatable bonds is 5. The molecule has 2 aliphatic rings. The van der Waals surface area contributed by atoms with Crippen molar-refractivity contribution in [2.45, 2.75) is 38.6 Å². The highest BCUT2D eigenvalue weighted by atomic mass is 16.2. The van der Waals surface area contributed by atoms with Crippen LogP contribution in [0, 0.1) is 5.92 Å². The minimum atomic E-state index is -0.0681. The lowest BCUT2D eigenvalue weighted by Gasteiger charge is -2.36. The van der Waals surface area contributed by atoms with Crippen LogP contribution in [0.3, 0.4) is 0 Å². The average Bonchev–Trinajstić information content (AvgIpc) is 3.41. The van der Waals surface area contributed by atoms with E-state index < -0.39 is 0 Å². The molecule has 1 aliphatic heterocycles. The molecular formula is C22H31N5O. The Morgan fingerprint density at radius 2 is 1.86 bits per heavy atom. The Kier molecular flexibility index (Phi) is 5.95. The molecule has 150 valence electrons. The molecule has 2 heterocycles. The fraction of sp³-hybridized carbons (Fsp3) is 0.545. The second-order valence-corrected chi connectivity index (χ2v) is 8.16. The zero-order valence-electron chi connectivity index (χ0n) is 16.8. The Labute approximate surface area is 167 Å². The van der Waals surface area contributed by atoms with Crippen molar-refractivity contribution in [3.05, 3.63) is 48.3 Å². The van der Waals surface area contributed by atoms with E-state index in [0.717, 1.165) is 43.3 Å². The molecule has 0 spiro atoms. The Hall–Kier alpha value is -2.34.